The Morgan fingerprint density at radius 3 is 2.41 bits per heavy atom. The number of non-ortho nitro benzene ring substituents is 1. The van der Waals surface area contributed by atoms with Gasteiger partial charge in [0.15, 0.2) is 0 Å². The minimum Gasteiger partial charge on any atom is -0.258 e. The number of nitro groups is 1. The maximum atomic E-state index is 13.3. The van der Waals surface area contributed by atoms with E-state index < -0.39 is 4.92 Å². The molecule has 0 radical (unpaired) electrons. The van der Waals surface area contributed by atoms with Crippen molar-refractivity contribution >= 4 is 28.8 Å². The van der Waals surface area contributed by atoms with Gasteiger partial charge in [0.05, 0.1) is 16.3 Å². The van der Waals surface area contributed by atoms with Crippen LogP contribution in [-0.2, 0) is 0 Å². The lowest BCUT2D eigenvalue weighted by Gasteiger charge is -2.03. The van der Waals surface area contributed by atoms with E-state index in [1.165, 1.54) is 36.0 Å². The van der Waals surface area contributed by atoms with E-state index >= 15 is 0 Å². The van der Waals surface area contributed by atoms with Gasteiger partial charge in [0.1, 0.15) is 5.82 Å². The molecule has 0 unspecified atom stereocenters. The Hall–Kier alpha value is -3.25. The number of nitro benzene ring substituents is 1. The SMILES string of the molecule is O=[N+]([O-])c1ccc(C(C=CSc2cccc(F)c2)=Nc2ccccc2)cc1. The molecule has 4 nitrogen and oxygen atoms in total. The molecular formula is C21H15FN2O2S. The monoisotopic (exact) mass is 378 g/mol. The second-order valence-electron chi connectivity index (χ2n) is 5.51. The third-order valence-corrected chi connectivity index (χ3v) is 4.40. The molecule has 0 aliphatic carbocycles. The van der Waals surface area contributed by atoms with Crippen molar-refractivity contribution in [1.29, 1.82) is 0 Å². The molecule has 0 fully saturated rings. The highest BCUT2D eigenvalue weighted by molar-refractivity contribution is 8.02. The molecule has 0 atom stereocenters. The highest BCUT2D eigenvalue weighted by Gasteiger charge is 2.07. The van der Waals surface area contributed by atoms with Crippen molar-refractivity contribution in [2.45, 2.75) is 4.90 Å². The zero-order valence-electron chi connectivity index (χ0n) is 14.2. The summed E-state index contributed by atoms with van der Waals surface area (Å²) >= 11 is 1.37. The van der Waals surface area contributed by atoms with Gasteiger partial charge in [0.2, 0.25) is 0 Å². The summed E-state index contributed by atoms with van der Waals surface area (Å²) in [6.07, 6.45) is 1.81. The van der Waals surface area contributed by atoms with Gasteiger partial charge >= 0.3 is 0 Å². The molecule has 0 heterocycles. The summed E-state index contributed by atoms with van der Waals surface area (Å²) in [5.74, 6) is -0.290. The van der Waals surface area contributed by atoms with Crippen LogP contribution in [0.4, 0.5) is 15.8 Å². The number of nitrogens with zero attached hydrogens (tertiary/aromatic N) is 2. The fourth-order valence-electron chi connectivity index (χ4n) is 2.31. The van der Waals surface area contributed by atoms with Gasteiger partial charge in [-0.3, -0.25) is 10.1 Å². The molecule has 0 aromatic heterocycles. The van der Waals surface area contributed by atoms with Gasteiger partial charge in [-0.05, 0) is 53.9 Å². The zero-order chi connectivity index (χ0) is 19.1. The summed E-state index contributed by atoms with van der Waals surface area (Å²) in [7, 11) is 0. The van der Waals surface area contributed by atoms with Gasteiger partial charge in [-0.15, -0.1) is 0 Å². The van der Waals surface area contributed by atoms with Gasteiger partial charge in [-0.2, -0.15) is 0 Å². The third kappa shape index (κ3) is 5.36. The van der Waals surface area contributed by atoms with Crippen molar-refractivity contribution in [3.05, 3.63) is 112 Å². The lowest BCUT2D eigenvalue weighted by atomic mass is 10.1. The molecular weight excluding hydrogens is 363 g/mol. The van der Waals surface area contributed by atoms with E-state index in [2.05, 4.69) is 4.99 Å². The van der Waals surface area contributed by atoms with Gasteiger partial charge in [0.25, 0.3) is 5.69 Å². The number of benzene rings is 3. The molecule has 0 amide bonds. The summed E-state index contributed by atoms with van der Waals surface area (Å²) in [6.45, 7) is 0. The molecule has 3 aromatic carbocycles. The Morgan fingerprint density at radius 2 is 1.74 bits per heavy atom. The minimum atomic E-state index is -0.437. The topological polar surface area (TPSA) is 55.5 Å². The summed E-state index contributed by atoms with van der Waals surface area (Å²) in [6, 6.07) is 22.0. The van der Waals surface area contributed by atoms with E-state index in [1.54, 1.807) is 18.2 Å². The molecule has 134 valence electrons. The average molecular weight is 378 g/mol. The predicted molar refractivity (Wildman–Crippen MR) is 107 cm³/mol. The van der Waals surface area contributed by atoms with Gasteiger partial charge in [-0.1, -0.05) is 36.0 Å². The Balaban J connectivity index is 1.89. The van der Waals surface area contributed by atoms with Crippen molar-refractivity contribution in [3.63, 3.8) is 0 Å². The Kier molecular flexibility index (Phi) is 6.12. The maximum absolute atomic E-state index is 13.3. The first-order valence-corrected chi connectivity index (χ1v) is 8.97. The smallest absolute Gasteiger partial charge is 0.258 e. The second-order valence-corrected chi connectivity index (χ2v) is 6.49. The first kappa shape index (κ1) is 18.5. The molecule has 3 rings (SSSR count). The molecule has 0 aliphatic rings. The van der Waals surface area contributed by atoms with E-state index in [-0.39, 0.29) is 11.5 Å². The van der Waals surface area contributed by atoms with Crippen LogP contribution in [0, 0.1) is 15.9 Å². The van der Waals surface area contributed by atoms with E-state index in [1.807, 2.05) is 47.9 Å². The third-order valence-electron chi connectivity index (χ3n) is 3.61. The first-order chi connectivity index (χ1) is 13.1. The van der Waals surface area contributed by atoms with Crippen LogP contribution in [-0.4, -0.2) is 10.6 Å². The maximum Gasteiger partial charge on any atom is 0.269 e. The molecule has 0 bridgehead atoms. The van der Waals surface area contributed by atoms with E-state index in [0.29, 0.717) is 5.71 Å². The fourth-order valence-corrected chi connectivity index (χ4v) is 3.00. The number of rotatable bonds is 6. The summed E-state index contributed by atoms with van der Waals surface area (Å²) in [5, 5.41) is 12.7. The lowest BCUT2D eigenvalue weighted by Crippen LogP contribution is -1.97. The molecule has 0 saturated carbocycles. The number of aliphatic imine (C=N–C) groups is 1. The van der Waals surface area contributed by atoms with Gasteiger partial charge < -0.3 is 0 Å². The van der Waals surface area contributed by atoms with Crippen LogP contribution < -0.4 is 0 Å². The molecule has 3 aromatic rings. The van der Waals surface area contributed by atoms with Crippen molar-refractivity contribution < 1.29 is 9.31 Å². The summed E-state index contributed by atoms with van der Waals surface area (Å²) in [5.41, 5.74) is 2.20. The van der Waals surface area contributed by atoms with Crippen LogP contribution in [0.3, 0.4) is 0 Å². The van der Waals surface area contributed by atoms with Crippen molar-refractivity contribution in [3.8, 4) is 0 Å². The predicted octanol–water partition coefficient (Wildman–Crippen LogP) is 6.16. The highest BCUT2D eigenvalue weighted by Crippen LogP contribution is 2.22. The van der Waals surface area contributed by atoms with Crippen LogP contribution in [0.15, 0.2) is 100 Å². The van der Waals surface area contributed by atoms with E-state index in [0.717, 1.165) is 16.1 Å². The summed E-state index contributed by atoms with van der Waals surface area (Å²) in [4.78, 5) is 15.8. The van der Waals surface area contributed by atoms with Crippen LogP contribution in [0.2, 0.25) is 0 Å². The van der Waals surface area contributed by atoms with Crippen LogP contribution in [0.5, 0.6) is 0 Å². The van der Waals surface area contributed by atoms with Gasteiger partial charge in [0, 0.05) is 22.6 Å². The quantitative estimate of drug-likeness (QED) is 0.223. The Bertz CT molecular complexity index is 987. The number of halogens is 1. The minimum absolute atomic E-state index is 0.0240. The van der Waals surface area contributed by atoms with Crippen molar-refractivity contribution in [1.82, 2.24) is 0 Å². The Morgan fingerprint density at radius 1 is 1.00 bits per heavy atom. The summed E-state index contributed by atoms with van der Waals surface area (Å²) < 4.78 is 13.3. The number of thioether (sulfide) groups is 1. The van der Waals surface area contributed by atoms with Crippen LogP contribution in [0.1, 0.15) is 5.56 Å². The zero-order valence-corrected chi connectivity index (χ0v) is 15.0. The standard InChI is InChI=1S/C21H15FN2O2S/c22-17-5-4-8-20(15-17)27-14-13-21(23-18-6-2-1-3-7-18)16-9-11-19(12-10-16)24(25)26/h1-15H. The molecule has 0 aliphatic heterocycles. The molecule has 0 spiro atoms. The number of allylic oxidation sites excluding steroid dienone is 1. The normalized spacial score (nSPS) is 11.7. The fraction of sp³-hybridized carbons (Fsp3) is 0. The molecule has 0 saturated heterocycles. The van der Waals surface area contributed by atoms with E-state index in [4.69, 9.17) is 0 Å². The highest BCUT2D eigenvalue weighted by atomic mass is 32.2. The Labute approximate surface area is 160 Å². The van der Waals surface area contributed by atoms with Gasteiger partial charge in [-0.25, -0.2) is 9.38 Å². The largest absolute Gasteiger partial charge is 0.269 e. The lowest BCUT2D eigenvalue weighted by molar-refractivity contribution is -0.384. The van der Waals surface area contributed by atoms with Crippen LogP contribution >= 0.6 is 11.8 Å². The van der Waals surface area contributed by atoms with Crippen molar-refractivity contribution in [2.75, 3.05) is 0 Å². The molecule has 0 N–H and O–H groups in total. The number of hydrogen-bond donors (Lipinski definition) is 0. The second kappa shape index (κ2) is 8.91. The number of para-hydroxylation sites is 1. The molecule has 27 heavy (non-hydrogen) atoms. The van der Waals surface area contributed by atoms with E-state index in [9.17, 15) is 14.5 Å². The van der Waals surface area contributed by atoms with Crippen LogP contribution in [0.25, 0.3) is 0 Å². The first-order valence-electron chi connectivity index (χ1n) is 8.09. The molecule has 6 heteroatoms. The average Bonchev–Trinajstić information content (AvgIpc) is 2.68. The number of hydrogen-bond acceptors (Lipinski definition) is 4. The van der Waals surface area contributed by atoms with Crippen molar-refractivity contribution in [2.24, 2.45) is 4.99 Å².